The van der Waals surface area contributed by atoms with Gasteiger partial charge in [-0.25, -0.2) is 0 Å². The lowest BCUT2D eigenvalue weighted by Crippen LogP contribution is -2.52. The van der Waals surface area contributed by atoms with Crippen molar-refractivity contribution < 1.29 is 9.59 Å². The first-order chi connectivity index (χ1) is 8.62. The van der Waals surface area contributed by atoms with Gasteiger partial charge < -0.3 is 0 Å². The maximum absolute atomic E-state index is 12.6. The number of rotatable bonds is 3. The first kappa shape index (κ1) is 12.8. The molecule has 1 aliphatic heterocycles. The Morgan fingerprint density at radius 3 is 2.50 bits per heavy atom. The van der Waals surface area contributed by atoms with E-state index < -0.39 is 5.41 Å². The van der Waals surface area contributed by atoms with Crippen molar-refractivity contribution >= 4 is 11.8 Å². The highest BCUT2D eigenvalue weighted by molar-refractivity contribution is 6.03. The second-order valence-electron chi connectivity index (χ2n) is 4.96. The second kappa shape index (κ2) is 4.92. The van der Waals surface area contributed by atoms with Crippen LogP contribution in [-0.4, -0.2) is 23.8 Å². The third kappa shape index (κ3) is 1.94. The van der Waals surface area contributed by atoms with Gasteiger partial charge in [-0.05, 0) is 18.4 Å². The molecule has 2 rings (SSSR count). The van der Waals surface area contributed by atoms with Crippen LogP contribution in [0.25, 0.3) is 0 Å². The minimum absolute atomic E-state index is 0.0493. The molecular formula is C15H19NO2. The summed E-state index contributed by atoms with van der Waals surface area (Å²) < 4.78 is 0. The highest BCUT2D eigenvalue weighted by atomic mass is 16.2. The summed E-state index contributed by atoms with van der Waals surface area (Å²) in [6.45, 7) is 2.08. The third-order valence-electron chi connectivity index (χ3n) is 3.86. The number of amides is 2. The van der Waals surface area contributed by atoms with Crippen LogP contribution in [0.4, 0.5) is 0 Å². The number of likely N-dealkylation sites (tertiary alicyclic amines) is 1. The van der Waals surface area contributed by atoms with Crippen molar-refractivity contribution in [2.45, 2.75) is 38.0 Å². The number of piperidine rings is 1. The van der Waals surface area contributed by atoms with Gasteiger partial charge in [0.1, 0.15) is 0 Å². The third-order valence-corrected chi connectivity index (χ3v) is 3.86. The van der Waals surface area contributed by atoms with Crippen molar-refractivity contribution in [1.29, 1.82) is 0 Å². The Hall–Kier alpha value is -1.64. The molecule has 0 N–H and O–H groups in total. The van der Waals surface area contributed by atoms with E-state index in [4.69, 9.17) is 0 Å². The van der Waals surface area contributed by atoms with E-state index in [2.05, 4.69) is 6.92 Å². The molecule has 18 heavy (non-hydrogen) atoms. The van der Waals surface area contributed by atoms with Gasteiger partial charge in [-0.3, -0.25) is 14.5 Å². The van der Waals surface area contributed by atoms with Gasteiger partial charge >= 0.3 is 0 Å². The van der Waals surface area contributed by atoms with E-state index >= 15 is 0 Å². The van der Waals surface area contributed by atoms with E-state index in [0.717, 1.165) is 18.4 Å². The van der Waals surface area contributed by atoms with Crippen LogP contribution >= 0.6 is 0 Å². The zero-order valence-electron chi connectivity index (χ0n) is 11.0. The number of carbonyl (C=O) groups excluding carboxylic acids is 2. The molecule has 0 aliphatic carbocycles. The largest absolute Gasteiger partial charge is 0.285 e. The van der Waals surface area contributed by atoms with Crippen LogP contribution in [0.3, 0.4) is 0 Å². The molecule has 1 saturated heterocycles. The molecule has 1 unspecified atom stereocenters. The average Bonchev–Trinajstić information content (AvgIpc) is 2.41. The van der Waals surface area contributed by atoms with Gasteiger partial charge in [0.25, 0.3) is 0 Å². The van der Waals surface area contributed by atoms with Crippen molar-refractivity contribution in [3.8, 4) is 0 Å². The van der Waals surface area contributed by atoms with Crippen LogP contribution in [0.15, 0.2) is 30.3 Å². The highest BCUT2D eigenvalue weighted by Crippen LogP contribution is 2.39. The molecule has 0 aromatic heterocycles. The predicted octanol–water partition coefficient (Wildman–Crippen LogP) is 2.50. The van der Waals surface area contributed by atoms with E-state index in [1.165, 1.54) is 4.90 Å². The van der Waals surface area contributed by atoms with E-state index in [1.807, 2.05) is 30.3 Å². The van der Waals surface area contributed by atoms with E-state index in [0.29, 0.717) is 12.8 Å². The van der Waals surface area contributed by atoms with Crippen molar-refractivity contribution in [1.82, 2.24) is 4.90 Å². The Balaban J connectivity index is 2.45. The lowest BCUT2D eigenvalue weighted by molar-refractivity contribution is -0.152. The molecule has 0 saturated carbocycles. The maximum Gasteiger partial charge on any atom is 0.239 e. The van der Waals surface area contributed by atoms with Crippen molar-refractivity contribution in [3.05, 3.63) is 35.9 Å². The van der Waals surface area contributed by atoms with Gasteiger partial charge in [-0.1, -0.05) is 43.7 Å². The van der Waals surface area contributed by atoms with Crippen LogP contribution in [-0.2, 0) is 15.0 Å². The molecule has 1 aromatic carbocycles. The number of nitrogens with zero attached hydrogens (tertiary/aromatic N) is 1. The number of hydrogen-bond acceptors (Lipinski definition) is 2. The Bertz CT molecular complexity index is 455. The summed E-state index contributed by atoms with van der Waals surface area (Å²) in [4.78, 5) is 25.5. The summed E-state index contributed by atoms with van der Waals surface area (Å²) in [5.41, 5.74) is 0.537. The summed E-state index contributed by atoms with van der Waals surface area (Å²) in [5.74, 6) is -0.116. The van der Waals surface area contributed by atoms with E-state index in [-0.39, 0.29) is 11.8 Å². The summed E-state index contributed by atoms with van der Waals surface area (Å²) in [7, 11) is 1.59. The van der Waals surface area contributed by atoms with Crippen LogP contribution in [0.2, 0.25) is 0 Å². The number of imide groups is 1. The first-order valence-electron chi connectivity index (χ1n) is 6.48. The number of benzene rings is 1. The summed E-state index contributed by atoms with van der Waals surface area (Å²) >= 11 is 0. The minimum Gasteiger partial charge on any atom is -0.285 e. The topological polar surface area (TPSA) is 37.4 Å². The Morgan fingerprint density at radius 1 is 1.22 bits per heavy atom. The Labute approximate surface area is 108 Å². The fraction of sp³-hybridized carbons (Fsp3) is 0.467. The van der Waals surface area contributed by atoms with Crippen LogP contribution < -0.4 is 0 Å². The fourth-order valence-corrected chi connectivity index (χ4v) is 2.86. The zero-order valence-corrected chi connectivity index (χ0v) is 11.0. The Morgan fingerprint density at radius 2 is 1.89 bits per heavy atom. The van der Waals surface area contributed by atoms with Gasteiger partial charge in [-0.15, -0.1) is 0 Å². The second-order valence-corrected chi connectivity index (χ2v) is 4.96. The fourth-order valence-electron chi connectivity index (χ4n) is 2.86. The SMILES string of the molecule is CCCC1(c2ccccc2)CCC(=O)N(C)C1=O. The van der Waals surface area contributed by atoms with Gasteiger partial charge in [0, 0.05) is 13.5 Å². The normalized spacial score (nSPS) is 24.4. The molecule has 0 bridgehead atoms. The predicted molar refractivity (Wildman–Crippen MR) is 70.0 cm³/mol. The monoisotopic (exact) mass is 245 g/mol. The van der Waals surface area contributed by atoms with Gasteiger partial charge in [0.05, 0.1) is 5.41 Å². The molecule has 0 spiro atoms. The zero-order chi connectivity index (χ0) is 13.2. The number of carbonyl (C=O) groups is 2. The minimum atomic E-state index is -0.501. The molecular weight excluding hydrogens is 226 g/mol. The molecule has 96 valence electrons. The van der Waals surface area contributed by atoms with E-state index in [9.17, 15) is 9.59 Å². The summed E-state index contributed by atoms with van der Waals surface area (Å²) in [6.07, 6.45) is 2.82. The van der Waals surface area contributed by atoms with E-state index in [1.54, 1.807) is 7.05 Å². The highest BCUT2D eigenvalue weighted by Gasteiger charge is 2.46. The maximum atomic E-state index is 12.6. The molecule has 2 amide bonds. The molecule has 1 fully saturated rings. The molecule has 1 atom stereocenters. The quantitative estimate of drug-likeness (QED) is 0.767. The Kier molecular flexibility index (Phi) is 3.50. The molecule has 3 nitrogen and oxygen atoms in total. The van der Waals surface area contributed by atoms with Gasteiger partial charge in [0.15, 0.2) is 0 Å². The average molecular weight is 245 g/mol. The number of hydrogen-bond donors (Lipinski definition) is 0. The molecule has 1 aromatic rings. The smallest absolute Gasteiger partial charge is 0.239 e. The molecule has 1 heterocycles. The standard InChI is InChI=1S/C15H19NO2/c1-3-10-15(12-7-5-4-6-8-12)11-9-13(17)16(2)14(15)18/h4-8H,3,9-11H2,1-2H3. The van der Waals surface area contributed by atoms with Crippen LogP contribution in [0.5, 0.6) is 0 Å². The van der Waals surface area contributed by atoms with Crippen LogP contribution in [0, 0.1) is 0 Å². The van der Waals surface area contributed by atoms with Crippen molar-refractivity contribution in [2.24, 2.45) is 0 Å². The van der Waals surface area contributed by atoms with Gasteiger partial charge in [-0.2, -0.15) is 0 Å². The summed E-state index contributed by atoms with van der Waals surface area (Å²) in [6, 6.07) is 9.85. The van der Waals surface area contributed by atoms with Gasteiger partial charge in [0.2, 0.25) is 11.8 Å². The number of likely N-dealkylation sites (N-methyl/N-ethyl adjacent to an activating group) is 1. The molecule has 0 radical (unpaired) electrons. The molecule has 3 heteroatoms. The summed E-state index contributed by atoms with van der Waals surface area (Å²) in [5, 5.41) is 0. The first-order valence-corrected chi connectivity index (χ1v) is 6.48. The lowest BCUT2D eigenvalue weighted by Gasteiger charge is -2.39. The lowest BCUT2D eigenvalue weighted by atomic mass is 9.70. The van der Waals surface area contributed by atoms with Crippen molar-refractivity contribution in [3.63, 3.8) is 0 Å². The van der Waals surface area contributed by atoms with Crippen molar-refractivity contribution in [2.75, 3.05) is 7.05 Å². The van der Waals surface area contributed by atoms with Crippen LogP contribution in [0.1, 0.15) is 38.2 Å². The molecule has 1 aliphatic rings.